The molecular weight excluding hydrogens is 402 g/mol. The van der Waals surface area contributed by atoms with E-state index in [4.69, 9.17) is 4.99 Å². The van der Waals surface area contributed by atoms with Crippen molar-refractivity contribution in [3.05, 3.63) is 113 Å². The summed E-state index contributed by atoms with van der Waals surface area (Å²) in [6.45, 7) is 8.85. The van der Waals surface area contributed by atoms with Crippen molar-refractivity contribution in [2.24, 2.45) is 4.99 Å². The van der Waals surface area contributed by atoms with E-state index in [9.17, 15) is 5.11 Å². The molecule has 0 spiro atoms. The Morgan fingerprint density at radius 3 is 1.97 bits per heavy atom. The summed E-state index contributed by atoms with van der Waals surface area (Å²) in [7, 11) is 0. The van der Waals surface area contributed by atoms with Crippen molar-refractivity contribution in [1.82, 2.24) is 0 Å². The number of aliphatic hydroxyl groups is 1. The molecule has 0 amide bonds. The first kappa shape index (κ1) is 21.6. The number of nitrogens with zero attached hydrogens (tertiary/aromatic N) is 1. The zero-order valence-corrected chi connectivity index (χ0v) is 19.8. The smallest absolute Gasteiger partial charge is 0.137 e. The van der Waals surface area contributed by atoms with Crippen LogP contribution in [0.1, 0.15) is 67.3 Å². The molecule has 1 unspecified atom stereocenters. The Labute approximate surface area is 196 Å². The lowest BCUT2D eigenvalue weighted by molar-refractivity contribution is 0.116. The largest absolute Gasteiger partial charge is 0.378 e. The van der Waals surface area contributed by atoms with E-state index < -0.39 is 5.60 Å². The van der Waals surface area contributed by atoms with Crippen molar-refractivity contribution < 1.29 is 5.11 Å². The molecule has 1 aliphatic rings. The predicted octanol–water partition coefficient (Wildman–Crippen LogP) is 7.65. The molecule has 0 saturated carbocycles. The third kappa shape index (κ3) is 3.59. The van der Waals surface area contributed by atoms with Crippen LogP contribution in [0.3, 0.4) is 0 Å². The number of rotatable bonds is 5. The summed E-state index contributed by atoms with van der Waals surface area (Å²) in [5.41, 5.74) is 6.10. The van der Waals surface area contributed by atoms with Crippen molar-refractivity contribution in [3.8, 4) is 0 Å². The highest BCUT2D eigenvalue weighted by atomic mass is 16.3. The molecule has 0 heterocycles. The number of para-hydroxylation sites is 1. The molecule has 0 bridgehead atoms. The average molecular weight is 434 g/mol. The monoisotopic (exact) mass is 433 g/mol. The van der Waals surface area contributed by atoms with Gasteiger partial charge in [0.1, 0.15) is 5.60 Å². The van der Waals surface area contributed by atoms with E-state index in [1.165, 1.54) is 11.1 Å². The summed E-state index contributed by atoms with van der Waals surface area (Å²) in [6, 6.07) is 29.3. The van der Waals surface area contributed by atoms with E-state index >= 15 is 0 Å². The Bertz CT molecular complexity index is 1320. The van der Waals surface area contributed by atoms with E-state index in [-0.39, 0.29) is 0 Å². The second-order valence-corrected chi connectivity index (χ2v) is 9.79. The summed E-state index contributed by atoms with van der Waals surface area (Å²) in [5.74, 6) is 0.676. The van der Waals surface area contributed by atoms with Crippen LogP contribution in [0.15, 0.2) is 89.9 Å². The minimum atomic E-state index is -1.19. The molecule has 33 heavy (non-hydrogen) atoms. The summed E-state index contributed by atoms with van der Waals surface area (Å²) >= 11 is 0. The van der Waals surface area contributed by atoms with Crippen molar-refractivity contribution in [2.45, 2.75) is 51.6 Å². The fraction of sp³-hybridized carbons (Fsp3) is 0.258. The maximum atomic E-state index is 12.4. The van der Waals surface area contributed by atoms with Gasteiger partial charge in [0.25, 0.3) is 0 Å². The lowest BCUT2D eigenvalue weighted by atomic mass is 9.86. The van der Waals surface area contributed by atoms with Crippen LogP contribution in [-0.2, 0) is 12.0 Å². The number of benzene rings is 4. The van der Waals surface area contributed by atoms with Crippen LogP contribution in [0.5, 0.6) is 0 Å². The third-order valence-corrected chi connectivity index (χ3v) is 6.87. The first-order valence-corrected chi connectivity index (χ1v) is 11.9. The SMILES string of the molecule is CC(C)c1cccc(C(C)C)c1N=C1c2cccc3cccc(c23)C1(O)Cc1ccccc1. The molecule has 2 heteroatoms. The van der Waals surface area contributed by atoms with Gasteiger partial charge in [-0.25, -0.2) is 4.99 Å². The van der Waals surface area contributed by atoms with Gasteiger partial charge in [-0.2, -0.15) is 0 Å². The Morgan fingerprint density at radius 2 is 1.33 bits per heavy atom. The van der Waals surface area contributed by atoms with Gasteiger partial charge < -0.3 is 5.11 Å². The molecule has 4 aromatic rings. The van der Waals surface area contributed by atoms with Crippen LogP contribution >= 0.6 is 0 Å². The topological polar surface area (TPSA) is 32.6 Å². The van der Waals surface area contributed by atoms with Gasteiger partial charge in [-0.1, -0.05) is 113 Å². The van der Waals surface area contributed by atoms with Crippen molar-refractivity contribution in [1.29, 1.82) is 0 Å². The van der Waals surface area contributed by atoms with Crippen molar-refractivity contribution >= 4 is 22.2 Å². The van der Waals surface area contributed by atoms with Gasteiger partial charge in [0.2, 0.25) is 0 Å². The molecule has 0 fully saturated rings. The lowest BCUT2D eigenvalue weighted by Crippen LogP contribution is -2.35. The molecule has 166 valence electrons. The van der Waals surface area contributed by atoms with Gasteiger partial charge in [0.15, 0.2) is 0 Å². The third-order valence-electron chi connectivity index (χ3n) is 6.87. The fourth-order valence-corrected chi connectivity index (χ4v) is 5.21. The fourth-order valence-electron chi connectivity index (χ4n) is 5.21. The molecule has 0 saturated heterocycles. The van der Waals surface area contributed by atoms with Gasteiger partial charge in [0, 0.05) is 12.0 Å². The normalized spacial score (nSPS) is 18.7. The van der Waals surface area contributed by atoms with Gasteiger partial charge >= 0.3 is 0 Å². The number of aliphatic imine (C=N–C) groups is 1. The van der Waals surface area contributed by atoms with Crippen LogP contribution < -0.4 is 0 Å². The number of hydrogen-bond donors (Lipinski definition) is 1. The summed E-state index contributed by atoms with van der Waals surface area (Å²) in [4.78, 5) is 5.36. The highest BCUT2D eigenvalue weighted by Crippen LogP contribution is 2.45. The van der Waals surface area contributed by atoms with E-state index in [1.807, 2.05) is 24.3 Å². The maximum Gasteiger partial charge on any atom is 0.137 e. The first-order chi connectivity index (χ1) is 15.9. The van der Waals surface area contributed by atoms with Crippen molar-refractivity contribution in [3.63, 3.8) is 0 Å². The molecule has 1 N–H and O–H groups in total. The zero-order valence-electron chi connectivity index (χ0n) is 19.8. The molecule has 1 aliphatic carbocycles. The van der Waals surface area contributed by atoms with Gasteiger partial charge in [-0.3, -0.25) is 0 Å². The van der Waals surface area contributed by atoms with E-state index in [0.717, 1.165) is 38.9 Å². The van der Waals surface area contributed by atoms with Gasteiger partial charge in [-0.15, -0.1) is 0 Å². The highest BCUT2D eigenvalue weighted by molar-refractivity contribution is 6.22. The molecule has 2 nitrogen and oxygen atoms in total. The lowest BCUT2D eigenvalue weighted by Gasteiger charge is -2.27. The van der Waals surface area contributed by atoms with Crippen LogP contribution in [0.2, 0.25) is 0 Å². The van der Waals surface area contributed by atoms with Crippen LogP contribution in [0, 0.1) is 0 Å². The standard InChI is InChI=1S/C31H31NO/c1-20(2)24-15-10-16-25(21(3)4)29(24)32-30-26-17-8-13-23-14-9-18-27(28(23)26)31(30,33)19-22-11-6-5-7-12-22/h5-18,20-21,33H,19H2,1-4H3. The average Bonchev–Trinajstić information content (AvgIpc) is 3.04. The van der Waals surface area contributed by atoms with E-state index in [0.29, 0.717) is 18.3 Å². The summed E-state index contributed by atoms with van der Waals surface area (Å²) in [5, 5.41) is 14.7. The molecule has 0 aromatic heterocycles. The zero-order chi connectivity index (χ0) is 23.2. The molecule has 0 aliphatic heterocycles. The quantitative estimate of drug-likeness (QED) is 0.344. The van der Waals surface area contributed by atoms with Gasteiger partial charge in [0.05, 0.1) is 11.4 Å². The maximum absolute atomic E-state index is 12.4. The minimum Gasteiger partial charge on any atom is -0.378 e. The Balaban J connectivity index is 1.81. The Kier molecular flexibility index (Phi) is 5.42. The molecule has 4 aromatic carbocycles. The number of hydrogen-bond acceptors (Lipinski definition) is 2. The Morgan fingerprint density at radius 1 is 0.727 bits per heavy atom. The molecular formula is C31H31NO. The van der Waals surface area contributed by atoms with E-state index in [1.54, 1.807) is 0 Å². The van der Waals surface area contributed by atoms with Crippen LogP contribution in [0.4, 0.5) is 5.69 Å². The predicted molar refractivity (Wildman–Crippen MR) is 139 cm³/mol. The van der Waals surface area contributed by atoms with Gasteiger partial charge in [-0.05, 0) is 44.9 Å². The summed E-state index contributed by atoms with van der Waals surface area (Å²) in [6.07, 6.45) is 0.487. The van der Waals surface area contributed by atoms with E-state index in [2.05, 4.69) is 88.4 Å². The highest BCUT2D eigenvalue weighted by Gasteiger charge is 2.44. The first-order valence-electron chi connectivity index (χ1n) is 11.9. The van der Waals surface area contributed by atoms with Crippen molar-refractivity contribution in [2.75, 3.05) is 0 Å². The van der Waals surface area contributed by atoms with Crippen LogP contribution in [0.25, 0.3) is 10.8 Å². The summed E-state index contributed by atoms with van der Waals surface area (Å²) < 4.78 is 0. The van der Waals surface area contributed by atoms with Crippen LogP contribution in [-0.4, -0.2) is 10.8 Å². The second-order valence-electron chi connectivity index (χ2n) is 9.79. The molecule has 5 rings (SSSR count). The molecule has 0 radical (unpaired) electrons. The second kappa shape index (κ2) is 8.28. The molecule has 1 atom stereocenters. The minimum absolute atomic E-state index is 0.338. The Hall–Kier alpha value is -3.23.